The molecule has 1 fully saturated rings. The lowest BCUT2D eigenvalue weighted by molar-refractivity contribution is -0.384. The van der Waals surface area contributed by atoms with Crippen molar-refractivity contribution in [2.24, 2.45) is 5.92 Å². The van der Waals surface area contributed by atoms with Crippen molar-refractivity contribution in [3.63, 3.8) is 0 Å². The van der Waals surface area contributed by atoms with Crippen LogP contribution in [-0.2, 0) is 6.54 Å². The van der Waals surface area contributed by atoms with E-state index in [4.69, 9.17) is 0 Å². The van der Waals surface area contributed by atoms with Crippen LogP contribution >= 0.6 is 0 Å². The lowest BCUT2D eigenvalue weighted by atomic mass is 9.96. The molecule has 31 heavy (non-hydrogen) atoms. The molecule has 1 aliphatic rings. The van der Waals surface area contributed by atoms with E-state index in [0.717, 1.165) is 41.8 Å². The normalized spacial score (nSPS) is 15.7. The molecule has 3 heterocycles. The predicted molar refractivity (Wildman–Crippen MR) is 117 cm³/mol. The molecule has 162 valence electrons. The van der Waals surface area contributed by atoms with Gasteiger partial charge in [-0.1, -0.05) is 12.1 Å². The Balaban J connectivity index is 1.31. The molecule has 1 atom stereocenters. The van der Waals surface area contributed by atoms with Crippen LogP contribution in [0.3, 0.4) is 0 Å². The average molecular weight is 422 g/mol. The van der Waals surface area contributed by atoms with Gasteiger partial charge < -0.3 is 14.8 Å². The first-order valence-electron chi connectivity index (χ1n) is 10.5. The third-order valence-corrected chi connectivity index (χ3v) is 6.03. The van der Waals surface area contributed by atoms with Crippen molar-refractivity contribution in [1.29, 1.82) is 0 Å². The molecule has 9 heteroatoms. The average Bonchev–Trinajstić information content (AvgIpc) is 3.09. The predicted octanol–water partition coefficient (Wildman–Crippen LogP) is 3.83. The number of non-ortho nitro benzene ring substituents is 1. The Bertz CT molecular complexity index is 1090. The molecular formula is C22H26N6O3. The summed E-state index contributed by atoms with van der Waals surface area (Å²) in [7, 11) is 0. The fourth-order valence-electron chi connectivity index (χ4n) is 4.15. The molecule has 0 aliphatic carbocycles. The Morgan fingerprint density at radius 1 is 1.26 bits per heavy atom. The van der Waals surface area contributed by atoms with E-state index in [0.29, 0.717) is 19.0 Å². The molecule has 4 rings (SSSR count). The Morgan fingerprint density at radius 2 is 1.97 bits per heavy atom. The van der Waals surface area contributed by atoms with Crippen LogP contribution in [0.25, 0.3) is 11.0 Å². The van der Waals surface area contributed by atoms with Crippen molar-refractivity contribution in [2.45, 2.75) is 39.3 Å². The molecule has 0 saturated carbocycles. The third kappa shape index (κ3) is 4.50. The zero-order valence-corrected chi connectivity index (χ0v) is 17.7. The van der Waals surface area contributed by atoms with Gasteiger partial charge in [-0.25, -0.2) is 9.78 Å². The Kier molecular flexibility index (Phi) is 5.83. The summed E-state index contributed by atoms with van der Waals surface area (Å²) in [6, 6.07) is 7.96. The van der Waals surface area contributed by atoms with Crippen LogP contribution in [0.1, 0.15) is 37.2 Å². The number of imidazole rings is 1. The molecule has 0 bridgehead atoms. The fraction of sp³-hybridized carbons (Fsp3) is 0.409. The Hall–Kier alpha value is -3.49. The zero-order chi connectivity index (χ0) is 22.0. The SMILES string of the molecule is Cc1nc2cnccc2n1CC1CCN(C(=O)NC(C)c2ccc([N+](=O)[O-])cc2)CC1. The molecule has 1 N–H and O–H groups in total. The number of benzene rings is 1. The highest BCUT2D eigenvalue weighted by Crippen LogP contribution is 2.24. The van der Waals surface area contributed by atoms with Gasteiger partial charge in [0.25, 0.3) is 5.69 Å². The molecule has 0 spiro atoms. The number of hydrogen-bond donors (Lipinski definition) is 1. The van der Waals surface area contributed by atoms with E-state index in [1.165, 1.54) is 12.1 Å². The minimum Gasteiger partial charge on any atom is -0.331 e. The van der Waals surface area contributed by atoms with Crippen molar-refractivity contribution in [3.8, 4) is 0 Å². The van der Waals surface area contributed by atoms with Gasteiger partial charge in [-0.15, -0.1) is 0 Å². The molecule has 1 aliphatic heterocycles. The lowest BCUT2D eigenvalue weighted by Crippen LogP contribution is -2.45. The number of nitro benzene ring substituents is 1. The molecule has 0 radical (unpaired) electrons. The van der Waals surface area contributed by atoms with Gasteiger partial charge in [0.2, 0.25) is 0 Å². The number of carbonyl (C=O) groups is 1. The maximum Gasteiger partial charge on any atom is 0.317 e. The molecule has 1 aromatic carbocycles. The number of fused-ring (bicyclic) bond motifs is 1. The van der Waals surface area contributed by atoms with Gasteiger partial charge >= 0.3 is 6.03 Å². The van der Waals surface area contributed by atoms with E-state index in [9.17, 15) is 14.9 Å². The maximum absolute atomic E-state index is 12.7. The van der Waals surface area contributed by atoms with Gasteiger partial charge in [0.1, 0.15) is 11.3 Å². The number of carbonyl (C=O) groups excluding carboxylic acids is 1. The Labute approximate surface area is 180 Å². The largest absolute Gasteiger partial charge is 0.331 e. The van der Waals surface area contributed by atoms with Crippen LogP contribution in [0, 0.1) is 23.0 Å². The number of aromatic nitrogens is 3. The second-order valence-corrected chi connectivity index (χ2v) is 8.08. The molecular weight excluding hydrogens is 396 g/mol. The van der Waals surface area contributed by atoms with Gasteiger partial charge in [0.15, 0.2) is 0 Å². The number of nitro groups is 1. The van der Waals surface area contributed by atoms with Gasteiger partial charge in [0, 0.05) is 38.0 Å². The summed E-state index contributed by atoms with van der Waals surface area (Å²) < 4.78 is 2.24. The first kappa shape index (κ1) is 20.8. The van der Waals surface area contributed by atoms with E-state index in [1.54, 1.807) is 24.5 Å². The summed E-state index contributed by atoms with van der Waals surface area (Å²) >= 11 is 0. The summed E-state index contributed by atoms with van der Waals surface area (Å²) in [5.41, 5.74) is 2.90. The second-order valence-electron chi connectivity index (χ2n) is 8.08. The number of piperidine rings is 1. The molecule has 1 saturated heterocycles. The van der Waals surface area contributed by atoms with Crippen LogP contribution in [0.15, 0.2) is 42.7 Å². The van der Waals surface area contributed by atoms with Crippen LogP contribution in [0.4, 0.5) is 10.5 Å². The van der Waals surface area contributed by atoms with E-state index < -0.39 is 4.92 Å². The maximum atomic E-state index is 12.7. The molecule has 9 nitrogen and oxygen atoms in total. The van der Waals surface area contributed by atoms with Crippen molar-refractivity contribution < 1.29 is 9.72 Å². The topological polar surface area (TPSA) is 106 Å². The number of nitrogens with one attached hydrogen (secondary N) is 1. The summed E-state index contributed by atoms with van der Waals surface area (Å²) in [5, 5.41) is 13.8. The highest BCUT2D eigenvalue weighted by molar-refractivity contribution is 5.75. The van der Waals surface area contributed by atoms with Crippen molar-refractivity contribution >= 4 is 22.8 Å². The molecule has 2 amide bonds. The number of amides is 2. The van der Waals surface area contributed by atoms with Gasteiger partial charge in [-0.2, -0.15) is 0 Å². The number of rotatable bonds is 5. The third-order valence-electron chi connectivity index (χ3n) is 6.03. The quantitative estimate of drug-likeness (QED) is 0.497. The standard InChI is InChI=1S/C22H26N6O3/c1-15(18-3-5-19(6-4-18)28(30)31)24-22(29)26-11-8-17(9-12-26)14-27-16(2)25-20-13-23-10-7-21(20)27/h3-7,10,13,15,17H,8-9,11-12,14H2,1-2H3,(H,24,29). The number of likely N-dealkylation sites (tertiary alicyclic amines) is 1. The second kappa shape index (κ2) is 8.71. The van der Waals surface area contributed by atoms with Crippen molar-refractivity contribution in [2.75, 3.05) is 13.1 Å². The number of urea groups is 1. The Morgan fingerprint density at radius 3 is 2.65 bits per heavy atom. The fourth-order valence-corrected chi connectivity index (χ4v) is 4.15. The number of pyridine rings is 1. The number of aryl methyl sites for hydroxylation is 1. The monoisotopic (exact) mass is 422 g/mol. The van der Waals surface area contributed by atoms with E-state index in [1.807, 2.05) is 24.8 Å². The summed E-state index contributed by atoms with van der Waals surface area (Å²) in [6.07, 6.45) is 5.45. The van der Waals surface area contributed by atoms with Crippen LogP contribution in [-0.4, -0.2) is 43.5 Å². The minimum atomic E-state index is -0.428. The number of nitrogens with zero attached hydrogens (tertiary/aromatic N) is 5. The van der Waals surface area contributed by atoms with Gasteiger partial charge in [-0.3, -0.25) is 15.1 Å². The van der Waals surface area contributed by atoms with Crippen LogP contribution in [0.5, 0.6) is 0 Å². The smallest absolute Gasteiger partial charge is 0.317 e. The molecule has 3 aromatic rings. The zero-order valence-electron chi connectivity index (χ0n) is 17.7. The van der Waals surface area contributed by atoms with Crippen LogP contribution in [0.2, 0.25) is 0 Å². The number of hydrogen-bond acceptors (Lipinski definition) is 5. The van der Waals surface area contributed by atoms with Crippen molar-refractivity contribution in [1.82, 2.24) is 24.8 Å². The lowest BCUT2D eigenvalue weighted by Gasteiger charge is -2.33. The summed E-state index contributed by atoms with van der Waals surface area (Å²) in [6.45, 7) is 6.20. The van der Waals surface area contributed by atoms with E-state index in [2.05, 4.69) is 19.9 Å². The van der Waals surface area contributed by atoms with Crippen molar-refractivity contribution in [3.05, 3.63) is 64.2 Å². The van der Waals surface area contributed by atoms with E-state index >= 15 is 0 Å². The van der Waals surface area contributed by atoms with Crippen LogP contribution < -0.4 is 5.32 Å². The summed E-state index contributed by atoms with van der Waals surface area (Å²) in [4.78, 5) is 33.6. The van der Waals surface area contributed by atoms with Gasteiger partial charge in [-0.05, 0) is 44.2 Å². The highest BCUT2D eigenvalue weighted by Gasteiger charge is 2.25. The van der Waals surface area contributed by atoms with Gasteiger partial charge in [0.05, 0.1) is 22.7 Å². The highest BCUT2D eigenvalue weighted by atomic mass is 16.6. The minimum absolute atomic E-state index is 0.0431. The first-order valence-corrected chi connectivity index (χ1v) is 10.5. The molecule has 2 aromatic heterocycles. The first-order chi connectivity index (χ1) is 14.9. The summed E-state index contributed by atoms with van der Waals surface area (Å²) in [5.74, 6) is 1.47. The van der Waals surface area contributed by atoms with E-state index in [-0.39, 0.29) is 17.8 Å². The molecule has 1 unspecified atom stereocenters.